The Morgan fingerprint density at radius 3 is 2.25 bits per heavy atom. The Hall–Kier alpha value is -1.22. The Labute approximate surface area is 210 Å². The molecule has 0 spiro atoms. The number of amides is 2. The number of carbonyl (C=O) groups is 2. The maximum Gasteiger partial charge on any atom is 0.252 e. The Balaban J connectivity index is 1.72. The molecule has 32 heavy (non-hydrogen) atoms. The first-order valence-corrected chi connectivity index (χ1v) is 13.1. The number of hydrogen-bond acceptors (Lipinski definition) is 4. The zero-order valence-electron chi connectivity index (χ0n) is 16.5. The van der Waals surface area contributed by atoms with Gasteiger partial charge in [-0.05, 0) is 42.0 Å². The van der Waals surface area contributed by atoms with Crippen LogP contribution in [-0.2, 0) is 14.6 Å². The summed E-state index contributed by atoms with van der Waals surface area (Å²) in [6.45, 7) is -0.0719. The summed E-state index contributed by atoms with van der Waals surface area (Å²) < 4.78 is 21.1. The first-order valence-electron chi connectivity index (χ1n) is 9.20. The van der Waals surface area contributed by atoms with Crippen molar-refractivity contribution < 1.29 is 18.0 Å². The highest BCUT2D eigenvalue weighted by Gasteiger charge is 2.67. The normalized spacial score (nSPS) is 19.3. The monoisotopic (exact) mass is 556 g/mol. The molecule has 2 aromatic carbocycles. The summed E-state index contributed by atoms with van der Waals surface area (Å²) in [5.41, 5.74) is 1.01. The van der Waals surface area contributed by atoms with E-state index in [9.17, 15) is 18.0 Å². The van der Waals surface area contributed by atoms with E-state index in [0.29, 0.717) is 21.3 Å². The Bertz CT molecular complexity index is 1170. The van der Waals surface area contributed by atoms with Crippen LogP contribution < -0.4 is 10.6 Å². The lowest BCUT2D eigenvalue weighted by Gasteiger charge is -2.10. The SMILES string of the molecule is CS(=O)(=O)CCNC(=O)c1cc(NC(=O)C2C(c3cc(Cl)cc(Cl)c3)C2(Cl)Cl)ccc1Cl. The van der Waals surface area contributed by atoms with E-state index < -0.39 is 37.8 Å². The van der Waals surface area contributed by atoms with Crippen molar-refractivity contribution in [3.8, 4) is 0 Å². The minimum atomic E-state index is -3.23. The topological polar surface area (TPSA) is 92.3 Å². The highest BCUT2D eigenvalue weighted by molar-refractivity contribution is 7.90. The van der Waals surface area contributed by atoms with Gasteiger partial charge in [-0.25, -0.2) is 8.42 Å². The van der Waals surface area contributed by atoms with Crippen LogP contribution in [0.1, 0.15) is 21.8 Å². The maximum atomic E-state index is 12.8. The molecule has 3 rings (SSSR count). The van der Waals surface area contributed by atoms with Gasteiger partial charge in [-0.3, -0.25) is 9.59 Å². The molecule has 1 saturated carbocycles. The van der Waals surface area contributed by atoms with Crippen LogP contribution in [0.4, 0.5) is 5.69 Å². The average molecular weight is 559 g/mol. The molecule has 2 unspecified atom stereocenters. The van der Waals surface area contributed by atoms with Crippen LogP contribution in [0.5, 0.6) is 0 Å². The zero-order valence-corrected chi connectivity index (χ0v) is 21.1. The van der Waals surface area contributed by atoms with Gasteiger partial charge in [-0.1, -0.05) is 34.8 Å². The minimum absolute atomic E-state index is 0.0719. The molecule has 6 nitrogen and oxygen atoms in total. The van der Waals surface area contributed by atoms with E-state index in [1.165, 1.54) is 18.2 Å². The number of carbonyl (C=O) groups excluding carboxylic acids is 2. The molecular weight excluding hydrogens is 542 g/mol. The summed E-state index contributed by atoms with van der Waals surface area (Å²) in [6, 6.07) is 9.19. The lowest BCUT2D eigenvalue weighted by molar-refractivity contribution is -0.117. The standard InChI is InChI=1S/C20H17Cl5N2O4S/c1-32(30,31)5-4-26-18(28)14-9-13(2-3-15(14)23)27-19(29)17-16(20(17,24)25)10-6-11(21)8-12(22)7-10/h2-3,6-9,16-17H,4-5H2,1H3,(H,26,28)(H,27,29). The molecule has 0 aromatic heterocycles. The number of rotatable bonds is 7. The first-order chi connectivity index (χ1) is 14.8. The molecule has 1 aliphatic carbocycles. The van der Waals surface area contributed by atoms with Gasteiger partial charge in [-0.2, -0.15) is 0 Å². The van der Waals surface area contributed by atoms with E-state index >= 15 is 0 Å². The zero-order chi connectivity index (χ0) is 23.8. The van der Waals surface area contributed by atoms with E-state index in [2.05, 4.69) is 10.6 Å². The molecule has 2 aromatic rings. The summed E-state index contributed by atoms with van der Waals surface area (Å²) >= 11 is 30.9. The van der Waals surface area contributed by atoms with Gasteiger partial charge < -0.3 is 10.6 Å². The molecule has 0 aliphatic heterocycles. The molecule has 2 N–H and O–H groups in total. The highest BCUT2D eigenvalue weighted by atomic mass is 35.5. The van der Waals surface area contributed by atoms with Crippen molar-refractivity contribution in [2.75, 3.05) is 23.9 Å². The van der Waals surface area contributed by atoms with Crippen molar-refractivity contribution in [3.05, 3.63) is 62.6 Å². The number of sulfone groups is 1. The van der Waals surface area contributed by atoms with Crippen molar-refractivity contribution in [2.24, 2.45) is 5.92 Å². The predicted octanol–water partition coefficient (Wildman–Crippen LogP) is 4.95. The number of anilines is 1. The second-order valence-electron chi connectivity index (χ2n) is 7.40. The van der Waals surface area contributed by atoms with Crippen LogP contribution in [0.15, 0.2) is 36.4 Å². The average Bonchev–Trinajstić information content (AvgIpc) is 3.23. The molecule has 1 fully saturated rings. The summed E-state index contributed by atoms with van der Waals surface area (Å²) in [4.78, 5) is 25.2. The number of alkyl halides is 2. The van der Waals surface area contributed by atoms with E-state index in [-0.39, 0.29) is 22.9 Å². The Kier molecular flexibility index (Phi) is 7.59. The molecule has 1 aliphatic rings. The third-order valence-corrected chi connectivity index (χ3v) is 7.47. The van der Waals surface area contributed by atoms with Crippen LogP contribution in [0, 0.1) is 5.92 Å². The van der Waals surface area contributed by atoms with Gasteiger partial charge in [0.15, 0.2) is 0 Å². The molecule has 0 saturated heterocycles. The van der Waals surface area contributed by atoms with E-state index in [0.717, 1.165) is 6.26 Å². The third-order valence-electron chi connectivity index (χ3n) is 4.82. The Morgan fingerprint density at radius 2 is 1.66 bits per heavy atom. The van der Waals surface area contributed by atoms with E-state index in [1.807, 2.05) is 0 Å². The fourth-order valence-electron chi connectivity index (χ4n) is 3.26. The number of benzene rings is 2. The van der Waals surface area contributed by atoms with Crippen LogP contribution in [0.2, 0.25) is 15.1 Å². The van der Waals surface area contributed by atoms with E-state index in [4.69, 9.17) is 58.0 Å². The second-order valence-corrected chi connectivity index (χ2v) is 12.4. The van der Waals surface area contributed by atoms with Gasteiger partial charge >= 0.3 is 0 Å². The maximum absolute atomic E-state index is 12.8. The van der Waals surface area contributed by atoms with Gasteiger partial charge in [-0.15, -0.1) is 23.2 Å². The Morgan fingerprint density at radius 1 is 1.03 bits per heavy atom. The lowest BCUT2D eigenvalue weighted by atomic mass is 10.1. The van der Waals surface area contributed by atoms with Crippen molar-refractivity contribution in [1.29, 1.82) is 0 Å². The molecule has 172 valence electrons. The van der Waals surface area contributed by atoms with Gasteiger partial charge in [0.1, 0.15) is 14.2 Å². The van der Waals surface area contributed by atoms with Gasteiger partial charge in [0.2, 0.25) is 5.91 Å². The molecule has 0 bridgehead atoms. The van der Waals surface area contributed by atoms with Gasteiger partial charge in [0.25, 0.3) is 5.91 Å². The molecule has 12 heteroatoms. The fourth-order valence-corrected chi connectivity index (χ4v) is 5.31. The third kappa shape index (κ3) is 6.01. The summed E-state index contributed by atoms with van der Waals surface area (Å²) in [5.74, 6) is -2.54. The van der Waals surface area contributed by atoms with E-state index in [1.54, 1.807) is 18.2 Å². The van der Waals surface area contributed by atoms with Crippen molar-refractivity contribution in [1.82, 2.24) is 5.32 Å². The van der Waals surface area contributed by atoms with Crippen LogP contribution in [0.3, 0.4) is 0 Å². The highest BCUT2D eigenvalue weighted by Crippen LogP contribution is 2.65. The molecular formula is C20H17Cl5N2O4S. The fraction of sp³-hybridized carbons (Fsp3) is 0.300. The largest absolute Gasteiger partial charge is 0.351 e. The van der Waals surface area contributed by atoms with Crippen LogP contribution >= 0.6 is 58.0 Å². The molecule has 0 radical (unpaired) electrons. The first kappa shape index (κ1) is 25.4. The quantitative estimate of drug-likeness (QED) is 0.471. The van der Waals surface area contributed by atoms with Gasteiger partial charge in [0, 0.05) is 34.5 Å². The summed E-state index contributed by atoms with van der Waals surface area (Å²) in [7, 11) is -3.23. The van der Waals surface area contributed by atoms with Crippen molar-refractivity contribution in [2.45, 2.75) is 10.3 Å². The van der Waals surface area contributed by atoms with Gasteiger partial charge in [0.05, 0.1) is 22.3 Å². The van der Waals surface area contributed by atoms with Crippen molar-refractivity contribution >= 4 is 85.3 Å². The second kappa shape index (κ2) is 9.57. The molecule has 2 atom stereocenters. The lowest BCUT2D eigenvalue weighted by Crippen LogP contribution is -2.29. The number of halogens is 5. The summed E-state index contributed by atoms with van der Waals surface area (Å²) in [6.07, 6.45) is 1.07. The predicted molar refractivity (Wildman–Crippen MR) is 129 cm³/mol. The summed E-state index contributed by atoms with van der Waals surface area (Å²) in [5, 5.41) is 6.10. The smallest absolute Gasteiger partial charge is 0.252 e. The minimum Gasteiger partial charge on any atom is -0.351 e. The van der Waals surface area contributed by atoms with Crippen LogP contribution in [0.25, 0.3) is 0 Å². The molecule has 2 amide bonds. The van der Waals surface area contributed by atoms with Crippen LogP contribution in [-0.4, -0.2) is 43.1 Å². The number of hydrogen-bond donors (Lipinski definition) is 2. The van der Waals surface area contributed by atoms with Crippen molar-refractivity contribution in [3.63, 3.8) is 0 Å². The number of nitrogens with one attached hydrogen (secondary N) is 2. The molecule has 0 heterocycles.